The van der Waals surface area contributed by atoms with Crippen LogP contribution in [0.15, 0.2) is 30.6 Å². The number of benzene rings is 1. The highest BCUT2D eigenvalue weighted by Gasteiger charge is 2.23. The minimum absolute atomic E-state index is 0.313. The van der Waals surface area contributed by atoms with Crippen LogP contribution in [0.3, 0.4) is 0 Å². The van der Waals surface area contributed by atoms with Gasteiger partial charge in [0.1, 0.15) is 5.82 Å². The lowest BCUT2D eigenvalue weighted by molar-refractivity contribution is 0.572. The molecule has 0 saturated heterocycles. The van der Waals surface area contributed by atoms with E-state index >= 15 is 0 Å². The third kappa shape index (κ3) is 3.81. The number of halogens is 1. The molecule has 1 aromatic carbocycles. The molecule has 0 bridgehead atoms. The molecule has 2 atom stereocenters. The van der Waals surface area contributed by atoms with Crippen LogP contribution in [0.5, 0.6) is 0 Å². The van der Waals surface area contributed by atoms with E-state index < -0.39 is 11.0 Å². The van der Waals surface area contributed by atoms with Gasteiger partial charge in [0.25, 0.3) is 0 Å². The molecule has 120 valence electrons. The Morgan fingerprint density at radius 1 is 1.32 bits per heavy atom. The first-order valence-electron chi connectivity index (χ1n) is 7.15. The molecular weight excluding hydrogens is 301 g/mol. The van der Waals surface area contributed by atoms with Crippen LogP contribution in [-0.2, 0) is 18.0 Å². The van der Waals surface area contributed by atoms with Crippen LogP contribution >= 0.6 is 0 Å². The average Bonchev–Trinajstić information content (AvgIpc) is 2.84. The van der Waals surface area contributed by atoms with E-state index in [9.17, 15) is 8.60 Å². The Hall–Kier alpha value is -1.53. The monoisotopic (exact) mass is 323 g/mol. The van der Waals surface area contributed by atoms with Crippen molar-refractivity contribution in [2.24, 2.45) is 7.05 Å². The molecule has 0 amide bonds. The molecule has 2 aromatic rings. The zero-order chi connectivity index (χ0) is 16.5. The van der Waals surface area contributed by atoms with Crippen molar-refractivity contribution in [3.63, 3.8) is 0 Å². The van der Waals surface area contributed by atoms with Gasteiger partial charge in [0, 0.05) is 30.4 Å². The molecule has 22 heavy (non-hydrogen) atoms. The first-order valence-corrected chi connectivity index (χ1v) is 8.30. The Balaban J connectivity index is 2.21. The standard InChI is InChI=1S/C16H22FN3OS/c1-11(19-22(21)16(2,3)4)14-7-6-12(8-15(14)17)13-9-18-20(5)10-13/h6-11,19H,1-5H3. The molecule has 1 aromatic heterocycles. The van der Waals surface area contributed by atoms with Gasteiger partial charge in [-0.3, -0.25) is 4.68 Å². The van der Waals surface area contributed by atoms with Crippen LogP contribution in [0.2, 0.25) is 0 Å². The molecule has 0 fully saturated rings. The second kappa shape index (κ2) is 6.30. The fourth-order valence-electron chi connectivity index (χ4n) is 2.03. The topological polar surface area (TPSA) is 46.9 Å². The van der Waals surface area contributed by atoms with Crippen molar-refractivity contribution in [2.45, 2.75) is 38.5 Å². The number of rotatable bonds is 4. The molecule has 0 aliphatic rings. The van der Waals surface area contributed by atoms with E-state index in [0.717, 1.165) is 11.1 Å². The number of aryl methyl sites for hydroxylation is 1. The van der Waals surface area contributed by atoms with Crippen molar-refractivity contribution in [1.82, 2.24) is 14.5 Å². The van der Waals surface area contributed by atoms with E-state index in [1.165, 1.54) is 6.07 Å². The number of nitrogens with zero attached hydrogens (tertiary/aromatic N) is 2. The minimum Gasteiger partial charge on any atom is -0.275 e. The minimum atomic E-state index is -1.24. The molecule has 0 aliphatic heterocycles. The first kappa shape index (κ1) is 16.8. The molecule has 0 aliphatic carbocycles. The molecule has 0 spiro atoms. The van der Waals surface area contributed by atoms with Gasteiger partial charge in [-0.2, -0.15) is 5.10 Å². The highest BCUT2D eigenvalue weighted by atomic mass is 32.2. The van der Waals surface area contributed by atoms with Crippen LogP contribution in [0.4, 0.5) is 4.39 Å². The normalized spacial score (nSPS) is 14.8. The van der Waals surface area contributed by atoms with Crippen LogP contribution in [0.25, 0.3) is 11.1 Å². The number of aromatic nitrogens is 2. The Bertz CT molecular complexity index is 691. The summed E-state index contributed by atoms with van der Waals surface area (Å²) in [6.45, 7) is 7.45. The number of nitrogens with one attached hydrogen (secondary N) is 1. The van der Waals surface area contributed by atoms with Crippen molar-refractivity contribution < 1.29 is 8.60 Å². The van der Waals surface area contributed by atoms with E-state index in [2.05, 4.69) is 9.82 Å². The number of hydrogen-bond acceptors (Lipinski definition) is 2. The lowest BCUT2D eigenvalue weighted by Crippen LogP contribution is -2.35. The molecule has 0 saturated carbocycles. The van der Waals surface area contributed by atoms with Gasteiger partial charge in [-0.05, 0) is 39.3 Å². The maximum Gasteiger partial charge on any atom is 0.128 e. The Kier molecular flexibility index (Phi) is 4.82. The van der Waals surface area contributed by atoms with Crippen molar-refractivity contribution in [1.29, 1.82) is 0 Å². The van der Waals surface area contributed by atoms with Gasteiger partial charge in [0.15, 0.2) is 0 Å². The molecule has 0 radical (unpaired) electrons. The Morgan fingerprint density at radius 3 is 2.50 bits per heavy atom. The van der Waals surface area contributed by atoms with Gasteiger partial charge in [0.05, 0.1) is 21.9 Å². The SMILES string of the molecule is CC(NS(=O)C(C)(C)C)c1ccc(-c2cnn(C)c2)cc1F. The predicted octanol–water partition coefficient (Wildman–Crippen LogP) is 3.34. The maximum atomic E-state index is 14.4. The third-order valence-corrected chi connectivity index (χ3v) is 5.03. The Morgan fingerprint density at radius 2 is 2.00 bits per heavy atom. The van der Waals surface area contributed by atoms with Crippen LogP contribution in [-0.4, -0.2) is 18.7 Å². The molecule has 1 heterocycles. The zero-order valence-electron chi connectivity index (χ0n) is 13.6. The fourth-order valence-corrected chi connectivity index (χ4v) is 2.83. The second-order valence-corrected chi connectivity index (χ2v) is 8.36. The summed E-state index contributed by atoms with van der Waals surface area (Å²) >= 11 is 0. The molecule has 6 heteroatoms. The van der Waals surface area contributed by atoms with Crippen LogP contribution in [0.1, 0.15) is 39.3 Å². The van der Waals surface area contributed by atoms with E-state index in [0.29, 0.717) is 5.56 Å². The smallest absolute Gasteiger partial charge is 0.128 e. The van der Waals surface area contributed by atoms with Crippen LogP contribution in [0, 0.1) is 5.82 Å². The molecule has 4 nitrogen and oxygen atoms in total. The fraction of sp³-hybridized carbons (Fsp3) is 0.438. The highest BCUT2D eigenvalue weighted by molar-refractivity contribution is 7.84. The van der Waals surface area contributed by atoms with E-state index in [-0.39, 0.29) is 16.6 Å². The molecular formula is C16H22FN3OS. The lowest BCUT2D eigenvalue weighted by Gasteiger charge is -2.22. The summed E-state index contributed by atoms with van der Waals surface area (Å²) in [6.07, 6.45) is 3.54. The highest BCUT2D eigenvalue weighted by Crippen LogP contribution is 2.25. The lowest BCUT2D eigenvalue weighted by atomic mass is 10.0. The van der Waals surface area contributed by atoms with Crippen LogP contribution < -0.4 is 4.72 Å². The van der Waals surface area contributed by atoms with Crippen molar-refractivity contribution in [3.05, 3.63) is 42.0 Å². The summed E-state index contributed by atoms with van der Waals surface area (Å²) in [5.41, 5.74) is 2.15. The summed E-state index contributed by atoms with van der Waals surface area (Å²) in [5.74, 6) is -0.313. The van der Waals surface area contributed by atoms with Crippen molar-refractivity contribution in [2.75, 3.05) is 0 Å². The van der Waals surface area contributed by atoms with Gasteiger partial charge < -0.3 is 0 Å². The summed E-state index contributed by atoms with van der Waals surface area (Å²) in [7, 11) is 0.577. The molecule has 2 unspecified atom stereocenters. The molecule has 1 N–H and O–H groups in total. The summed E-state index contributed by atoms with van der Waals surface area (Å²) < 4.78 is 30.7. The first-order chi connectivity index (χ1) is 10.2. The van der Waals surface area contributed by atoms with Gasteiger partial charge in [-0.1, -0.05) is 12.1 Å². The van der Waals surface area contributed by atoms with Gasteiger partial charge in [-0.15, -0.1) is 0 Å². The van der Waals surface area contributed by atoms with E-state index in [1.807, 2.05) is 47.0 Å². The van der Waals surface area contributed by atoms with Gasteiger partial charge in [-0.25, -0.2) is 13.3 Å². The van der Waals surface area contributed by atoms with Crippen molar-refractivity contribution >= 4 is 11.0 Å². The quantitative estimate of drug-likeness (QED) is 0.938. The maximum absolute atomic E-state index is 14.4. The van der Waals surface area contributed by atoms with Crippen molar-refractivity contribution in [3.8, 4) is 11.1 Å². The third-order valence-electron chi connectivity index (χ3n) is 3.35. The molecule has 2 rings (SSSR count). The predicted molar refractivity (Wildman–Crippen MR) is 88.0 cm³/mol. The van der Waals surface area contributed by atoms with Gasteiger partial charge >= 0.3 is 0 Å². The number of hydrogen-bond donors (Lipinski definition) is 1. The second-order valence-electron chi connectivity index (χ2n) is 6.36. The largest absolute Gasteiger partial charge is 0.275 e. The van der Waals surface area contributed by atoms with Gasteiger partial charge in [0.2, 0.25) is 0 Å². The summed E-state index contributed by atoms with van der Waals surface area (Å²) in [5, 5.41) is 4.09. The summed E-state index contributed by atoms with van der Waals surface area (Å²) in [4.78, 5) is 0. The zero-order valence-corrected chi connectivity index (χ0v) is 14.4. The van der Waals surface area contributed by atoms with E-state index in [4.69, 9.17) is 0 Å². The van der Waals surface area contributed by atoms with E-state index in [1.54, 1.807) is 16.9 Å². The Labute approximate surface area is 133 Å². The summed E-state index contributed by atoms with van der Waals surface area (Å²) in [6, 6.07) is 4.75. The average molecular weight is 323 g/mol.